The summed E-state index contributed by atoms with van der Waals surface area (Å²) in [6.45, 7) is 0. The summed E-state index contributed by atoms with van der Waals surface area (Å²) in [5, 5.41) is -5.20. The Labute approximate surface area is 66.2 Å². The second-order valence-electron chi connectivity index (χ2n) is 2.01. The first kappa shape index (κ1) is 11.6. The molecule has 0 spiro atoms. The van der Waals surface area contributed by atoms with Gasteiger partial charge in [0.15, 0.2) is 0 Å². The van der Waals surface area contributed by atoms with E-state index < -0.39 is 21.2 Å². The first-order chi connectivity index (χ1) is 5.06. The van der Waals surface area contributed by atoms with E-state index in [0.717, 1.165) is 0 Å². The van der Waals surface area contributed by atoms with E-state index in [1.54, 1.807) is 0 Å². The number of halogens is 4. The van der Waals surface area contributed by atoms with E-state index in [0.29, 0.717) is 7.11 Å². The van der Waals surface area contributed by atoms with Crippen molar-refractivity contribution in [2.45, 2.75) is 11.4 Å². The zero-order valence-electron chi connectivity index (χ0n) is 6.14. The lowest BCUT2D eigenvalue weighted by Crippen LogP contribution is -2.47. The Morgan fingerprint density at radius 3 is 1.58 bits per heavy atom. The molecule has 0 atom stereocenters. The van der Waals surface area contributed by atoms with Gasteiger partial charge in [-0.05, 0) is 0 Å². The van der Waals surface area contributed by atoms with E-state index in [9.17, 15) is 26.0 Å². The van der Waals surface area contributed by atoms with Gasteiger partial charge in [0.2, 0.25) is 9.84 Å². The molecule has 0 saturated carbocycles. The molecule has 0 unspecified atom stereocenters. The maximum Gasteiger partial charge on any atom is 0.434 e. The Morgan fingerprint density at radius 2 is 1.50 bits per heavy atom. The van der Waals surface area contributed by atoms with Crippen LogP contribution in [0.5, 0.6) is 0 Å². The molecule has 0 rings (SSSR count). The van der Waals surface area contributed by atoms with E-state index in [-0.39, 0.29) is 6.26 Å². The molecule has 0 aromatic heterocycles. The third kappa shape index (κ3) is 1.69. The Bertz CT molecular complexity index is 257. The van der Waals surface area contributed by atoms with Crippen LogP contribution in [0.3, 0.4) is 0 Å². The van der Waals surface area contributed by atoms with Crippen LogP contribution < -0.4 is 0 Å². The first-order valence-electron chi connectivity index (χ1n) is 2.56. The minimum Gasteiger partial charge on any atom is -0.318 e. The van der Waals surface area contributed by atoms with Gasteiger partial charge < -0.3 is 4.74 Å². The lowest BCUT2D eigenvalue weighted by Gasteiger charge is -2.22. The predicted octanol–water partition coefficient (Wildman–Crippen LogP) is 0.863. The SMILES string of the molecule is COC(F)(F)C(F)(F)S(C)(=O)=O. The Kier molecular flexibility index (Phi) is 2.75. The maximum absolute atomic E-state index is 12.2. The quantitative estimate of drug-likeness (QED) is 0.649. The highest BCUT2D eigenvalue weighted by Gasteiger charge is 2.65. The van der Waals surface area contributed by atoms with Crippen molar-refractivity contribution in [2.75, 3.05) is 13.4 Å². The van der Waals surface area contributed by atoms with Gasteiger partial charge >= 0.3 is 11.4 Å². The highest BCUT2D eigenvalue weighted by Crippen LogP contribution is 2.38. The third-order valence-electron chi connectivity index (χ3n) is 1.06. The highest BCUT2D eigenvalue weighted by molar-refractivity contribution is 7.91. The summed E-state index contributed by atoms with van der Waals surface area (Å²) in [7, 11) is -4.89. The van der Waals surface area contributed by atoms with Crippen molar-refractivity contribution in [2.24, 2.45) is 0 Å². The van der Waals surface area contributed by atoms with Gasteiger partial charge in [-0.15, -0.1) is 0 Å². The van der Waals surface area contributed by atoms with Crippen molar-refractivity contribution in [3.05, 3.63) is 0 Å². The van der Waals surface area contributed by atoms with Gasteiger partial charge in [0.1, 0.15) is 0 Å². The van der Waals surface area contributed by atoms with E-state index in [2.05, 4.69) is 4.74 Å². The molecule has 0 saturated heterocycles. The van der Waals surface area contributed by atoms with E-state index in [4.69, 9.17) is 0 Å². The molecule has 0 aromatic rings. The number of sulfone groups is 1. The molecule has 0 aromatic carbocycles. The number of hydrogen-bond acceptors (Lipinski definition) is 3. The molecule has 3 nitrogen and oxygen atoms in total. The Morgan fingerprint density at radius 1 is 1.17 bits per heavy atom. The lowest BCUT2D eigenvalue weighted by molar-refractivity contribution is -0.304. The number of alkyl halides is 4. The van der Waals surface area contributed by atoms with Crippen LogP contribution in [0.4, 0.5) is 17.6 Å². The molecule has 0 N–H and O–H groups in total. The maximum atomic E-state index is 12.2. The highest BCUT2D eigenvalue weighted by atomic mass is 32.2. The van der Waals surface area contributed by atoms with Crippen molar-refractivity contribution >= 4 is 9.84 Å². The van der Waals surface area contributed by atoms with E-state index >= 15 is 0 Å². The van der Waals surface area contributed by atoms with Gasteiger partial charge in [-0.3, -0.25) is 0 Å². The standard InChI is InChI=1S/C4H6F4O3S/c1-11-3(5,6)4(7,8)12(2,9)10/h1-2H3. The van der Waals surface area contributed by atoms with Gasteiger partial charge in [-0.1, -0.05) is 0 Å². The second kappa shape index (κ2) is 2.84. The summed E-state index contributed by atoms with van der Waals surface area (Å²) < 4.78 is 72.0. The summed E-state index contributed by atoms with van der Waals surface area (Å²) in [5.74, 6) is 0. The van der Waals surface area contributed by atoms with Crippen LogP contribution in [-0.4, -0.2) is 33.1 Å². The van der Waals surface area contributed by atoms with Crippen molar-refractivity contribution in [1.29, 1.82) is 0 Å². The van der Waals surface area contributed by atoms with E-state index in [1.807, 2.05) is 0 Å². The number of methoxy groups -OCH3 is 1. The van der Waals surface area contributed by atoms with Gasteiger partial charge in [0.05, 0.1) is 0 Å². The van der Waals surface area contributed by atoms with Gasteiger partial charge in [0.25, 0.3) is 0 Å². The second-order valence-corrected chi connectivity index (χ2v) is 4.07. The molecule has 8 heteroatoms. The summed E-state index contributed by atoms with van der Waals surface area (Å²) in [5.41, 5.74) is 0. The third-order valence-corrected chi connectivity index (χ3v) is 2.23. The first-order valence-corrected chi connectivity index (χ1v) is 4.46. The van der Waals surface area contributed by atoms with Crippen LogP contribution in [-0.2, 0) is 14.6 Å². The van der Waals surface area contributed by atoms with Gasteiger partial charge in [-0.25, -0.2) is 8.42 Å². The van der Waals surface area contributed by atoms with E-state index in [1.165, 1.54) is 0 Å². The van der Waals surface area contributed by atoms with Crippen LogP contribution in [0.25, 0.3) is 0 Å². The summed E-state index contributed by atoms with van der Waals surface area (Å²) >= 11 is 0. The van der Waals surface area contributed by atoms with Gasteiger partial charge in [-0.2, -0.15) is 17.6 Å². The fourth-order valence-electron chi connectivity index (χ4n) is 0.335. The summed E-state index contributed by atoms with van der Waals surface area (Å²) in [6.07, 6.45) is -5.00. The molecule has 0 bridgehead atoms. The smallest absolute Gasteiger partial charge is 0.318 e. The lowest BCUT2D eigenvalue weighted by atomic mass is 10.6. The molecule has 12 heavy (non-hydrogen) atoms. The summed E-state index contributed by atoms with van der Waals surface area (Å²) in [4.78, 5) is 0. The molecule has 0 heterocycles. The molecule has 0 aliphatic rings. The van der Waals surface area contributed by atoms with Crippen LogP contribution in [0.15, 0.2) is 0 Å². The normalized spacial score (nSPS) is 14.8. The number of rotatable bonds is 3. The number of ether oxygens (including phenoxy) is 1. The molecule has 74 valence electrons. The van der Waals surface area contributed by atoms with Crippen LogP contribution in [0.2, 0.25) is 0 Å². The zero-order valence-corrected chi connectivity index (χ0v) is 6.96. The number of hydrogen-bond donors (Lipinski definition) is 0. The predicted molar refractivity (Wildman–Crippen MR) is 31.7 cm³/mol. The van der Waals surface area contributed by atoms with Crippen LogP contribution in [0, 0.1) is 0 Å². The van der Waals surface area contributed by atoms with Crippen LogP contribution >= 0.6 is 0 Å². The fraction of sp³-hybridized carbons (Fsp3) is 1.00. The Balaban J connectivity index is 5.13. The largest absolute Gasteiger partial charge is 0.434 e. The minimum atomic E-state index is -5.20. The van der Waals surface area contributed by atoms with Crippen molar-refractivity contribution in [1.82, 2.24) is 0 Å². The molecule has 0 aliphatic carbocycles. The zero-order chi connectivity index (χ0) is 10.2. The topological polar surface area (TPSA) is 43.4 Å². The average molecular weight is 210 g/mol. The molecule has 0 aliphatic heterocycles. The summed E-state index contributed by atoms with van der Waals surface area (Å²) in [6, 6.07) is 0. The monoisotopic (exact) mass is 210 g/mol. The molecular weight excluding hydrogens is 204 g/mol. The fourth-order valence-corrected chi connectivity index (χ4v) is 0.850. The molecular formula is C4H6F4O3S. The molecule has 0 fully saturated rings. The van der Waals surface area contributed by atoms with Gasteiger partial charge in [0, 0.05) is 13.4 Å². The minimum absolute atomic E-state index is 0.0000694. The van der Waals surface area contributed by atoms with Crippen molar-refractivity contribution in [3.8, 4) is 0 Å². The molecule has 0 amide bonds. The average Bonchev–Trinajstić information content (AvgIpc) is 1.85. The van der Waals surface area contributed by atoms with Crippen molar-refractivity contribution in [3.63, 3.8) is 0 Å². The Hall–Kier alpha value is -0.370. The van der Waals surface area contributed by atoms with Crippen molar-refractivity contribution < 1.29 is 30.7 Å². The van der Waals surface area contributed by atoms with Crippen LogP contribution in [0.1, 0.15) is 0 Å². The molecule has 0 radical (unpaired) electrons.